The summed E-state index contributed by atoms with van der Waals surface area (Å²) in [6.45, 7) is 0. The first kappa shape index (κ1) is 44.8. The van der Waals surface area contributed by atoms with Crippen LogP contribution in [0, 0.1) is 0 Å². The molecule has 0 aromatic heterocycles. The van der Waals surface area contributed by atoms with Crippen molar-refractivity contribution >= 4 is 15.6 Å². The van der Waals surface area contributed by atoms with Gasteiger partial charge in [-0.05, 0) is 0 Å². The third-order valence-corrected chi connectivity index (χ3v) is 0. The smallest absolute Gasteiger partial charge is 0.756 e. The molecule has 0 spiro atoms. The van der Waals surface area contributed by atoms with Crippen LogP contribution in [0.1, 0.15) is 0 Å². The van der Waals surface area contributed by atoms with Crippen molar-refractivity contribution in [2.24, 2.45) is 0 Å². The maximum absolute atomic E-state index is 8.77. The molecule has 0 amide bonds. The van der Waals surface area contributed by atoms with Crippen molar-refractivity contribution in [3.8, 4) is 0 Å². The number of rotatable bonds is 0. The van der Waals surface area contributed by atoms with Crippen molar-refractivity contribution in [2.75, 3.05) is 0 Å². The summed E-state index contributed by atoms with van der Waals surface area (Å²) >= 11 is 0. The molecule has 104 valence electrons. The Morgan fingerprint density at radius 1 is 0.667 bits per heavy atom. The SMILES string of the molecule is N.N.N.N.O=P([O-])(O)O.O=P([O-])(O)O.[Pt+2]. The first-order chi connectivity index (χ1) is 4.00. The van der Waals surface area contributed by atoms with Gasteiger partial charge in [-0.25, -0.2) is 0 Å². The van der Waals surface area contributed by atoms with Crippen LogP contribution in [0.2, 0.25) is 0 Å². The van der Waals surface area contributed by atoms with Gasteiger partial charge in [-0.2, -0.15) is 0 Å². The Hall–Kier alpha value is 0.748. The minimum absolute atomic E-state index is 0. The molecule has 0 aromatic rings. The molecule has 0 unspecified atom stereocenters. The van der Waals surface area contributed by atoms with Crippen molar-refractivity contribution in [2.45, 2.75) is 0 Å². The van der Waals surface area contributed by atoms with Gasteiger partial charge in [0, 0.05) is 0 Å². The van der Waals surface area contributed by atoms with E-state index in [1.807, 2.05) is 0 Å². The van der Waals surface area contributed by atoms with E-state index < -0.39 is 15.6 Å². The number of hydrogen-bond acceptors (Lipinski definition) is 8. The van der Waals surface area contributed by atoms with E-state index in [4.69, 9.17) is 38.5 Å². The van der Waals surface area contributed by atoms with Crippen molar-refractivity contribution in [1.29, 1.82) is 0 Å². The van der Waals surface area contributed by atoms with Gasteiger partial charge in [0.15, 0.2) is 0 Å². The van der Waals surface area contributed by atoms with Gasteiger partial charge >= 0.3 is 21.1 Å². The minimum atomic E-state index is -4.89. The molecule has 16 N–H and O–H groups in total. The molecule has 0 atom stereocenters. The zero-order chi connectivity index (χ0) is 9.00. The topological polar surface area (TPSA) is 301 Å². The van der Waals surface area contributed by atoms with E-state index in [0.29, 0.717) is 0 Å². The maximum atomic E-state index is 8.77. The first-order valence-corrected chi connectivity index (χ1v) is 4.59. The van der Waals surface area contributed by atoms with Gasteiger partial charge in [-0.1, -0.05) is 0 Å². The van der Waals surface area contributed by atoms with E-state index in [1.165, 1.54) is 0 Å². The second-order valence-electron chi connectivity index (χ2n) is 0.981. The van der Waals surface area contributed by atoms with Gasteiger partial charge in [0.2, 0.25) is 0 Å². The van der Waals surface area contributed by atoms with Crippen LogP contribution in [0.15, 0.2) is 0 Å². The Kier molecular flexibility index (Phi) is 51.2. The van der Waals surface area contributed by atoms with Gasteiger partial charge in [-0.3, -0.25) is 9.13 Å². The van der Waals surface area contributed by atoms with Crippen LogP contribution in [0.25, 0.3) is 0 Å². The fourth-order valence-electron chi connectivity index (χ4n) is 0. The molecule has 0 aromatic carbocycles. The Balaban J connectivity index is -0.0000000128. The molecule has 15 heavy (non-hydrogen) atoms. The van der Waals surface area contributed by atoms with E-state index in [2.05, 4.69) is 0 Å². The summed E-state index contributed by atoms with van der Waals surface area (Å²) in [6, 6.07) is 0. The maximum Gasteiger partial charge on any atom is 2.00 e. The summed E-state index contributed by atoms with van der Waals surface area (Å²) in [5, 5.41) is 0. The molecular weight excluding hydrogens is 441 g/mol. The third-order valence-electron chi connectivity index (χ3n) is 0. The first-order valence-electron chi connectivity index (χ1n) is 1.53. The molecule has 0 fully saturated rings. The average Bonchev–Trinajstić information content (AvgIpc) is 1.12. The van der Waals surface area contributed by atoms with E-state index in [0.717, 1.165) is 0 Å². The van der Waals surface area contributed by atoms with E-state index in [-0.39, 0.29) is 45.7 Å². The van der Waals surface area contributed by atoms with Crippen LogP contribution < -0.4 is 34.4 Å². The summed E-state index contributed by atoms with van der Waals surface area (Å²) in [5.41, 5.74) is 0. The number of hydrogen-bond donors (Lipinski definition) is 8. The van der Waals surface area contributed by atoms with Crippen molar-refractivity contribution < 1.29 is 59.6 Å². The van der Waals surface area contributed by atoms with E-state index in [1.54, 1.807) is 0 Å². The monoisotopic (exact) mass is 457 g/mol. The molecule has 0 aliphatic carbocycles. The Bertz CT molecular complexity index is 137. The zero-order valence-electron chi connectivity index (χ0n) is 7.46. The third kappa shape index (κ3) is 4280. The van der Waals surface area contributed by atoms with Crippen molar-refractivity contribution in [1.82, 2.24) is 24.6 Å². The van der Waals surface area contributed by atoms with Crippen LogP contribution in [0.5, 0.6) is 0 Å². The Morgan fingerprint density at radius 2 is 0.667 bits per heavy atom. The van der Waals surface area contributed by atoms with Gasteiger partial charge in [-0.15, -0.1) is 0 Å². The molecule has 0 heterocycles. The van der Waals surface area contributed by atoms with Crippen LogP contribution in [-0.2, 0) is 30.2 Å². The van der Waals surface area contributed by atoms with Crippen LogP contribution in [0.4, 0.5) is 0 Å². The Labute approximate surface area is 100 Å². The van der Waals surface area contributed by atoms with Crippen molar-refractivity contribution in [3.63, 3.8) is 0 Å². The summed E-state index contributed by atoms with van der Waals surface area (Å²) in [4.78, 5) is 45.8. The molecular formula is H16N4O8P2Pt. The second-order valence-corrected chi connectivity index (χ2v) is 2.94. The summed E-state index contributed by atoms with van der Waals surface area (Å²) < 4.78 is 17.5. The quantitative estimate of drug-likeness (QED) is 0.175. The largest absolute Gasteiger partial charge is 2.00 e. The van der Waals surface area contributed by atoms with Gasteiger partial charge in [0.25, 0.3) is 15.6 Å². The number of phosphoric acid groups is 2. The summed E-state index contributed by atoms with van der Waals surface area (Å²) in [5.74, 6) is 0. The summed E-state index contributed by atoms with van der Waals surface area (Å²) in [6.07, 6.45) is 0. The molecule has 0 saturated carbocycles. The fraction of sp³-hybridized carbons (Fsp3) is 0. The van der Waals surface area contributed by atoms with Crippen molar-refractivity contribution in [3.05, 3.63) is 0 Å². The van der Waals surface area contributed by atoms with Gasteiger partial charge < -0.3 is 54.0 Å². The van der Waals surface area contributed by atoms with E-state index >= 15 is 0 Å². The van der Waals surface area contributed by atoms with Crippen LogP contribution in [-0.4, -0.2) is 19.6 Å². The fourth-order valence-corrected chi connectivity index (χ4v) is 0. The average molecular weight is 457 g/mol. The van der Waals surface area contributed by atoms with E-state index in [9.17, 15) is 0 Å². The minimum Gasteiger partial charge on any atom is -0.756 e. The molecule has 0 saturated heterocycles. The molecule has 15 heteroatoms. The Morgan fingerprint density at radius 3 is 0.667 bits per heavy atom. The van der Waals surface area contributed by atoms with Crippen LogP contribution >= 0.6 is 15.6 Å². The second kappa shape index (κ2) is 17.2. The molecule has 0 radical (unpaired) electrons. The van der Waals surface area contributed by atoms with Gasteiger partial charge in [0.1, 0.15) is 0 Å². The molecule has 0 rings (SSSR count). The molecule has 0 aliphatic rings. The molecule has 0 aliphatic heterocycles. The predicted molar refractivity (Wildman–Crippen MR) is 44.2 cm³/mol. The zero-order valence-corrected chi connectivity index (χ0v) is 11.5. The normalized spacial score (nSPS) is 7.87. The molecule has 12 nitrogen and oxygen atoms in total. The van der Waals surface area contributed by atoms with Gasteiger partial charge in [0.05, 0.1) is 0 Å². The summed E-state index contributed by atoms with van der Waals surface area (Å²) in [7, 11) is -9.78. The molecule has 0 bridgehead atoms. The van der Waals surface area contributed by atoms with Crippen LogP contribution in [0.3, 0.4) is 0 Å². The standard InChI is InChI=1S/4H3N.2H3O4P.Pt/c;;;;2*1-5(2,3)4;/h4*1H3;2*(H3,1,2,3,4);/q;;;;;;+2/p-2. The predicted octanol–water partition coefficient (Wildman–Crippen LogP) is -2.48.